The molecule has 1 aliphatic heterocycles. The number of rotatable bonds is 8. The van der Waals surface area contributed by atoms with Crippen LogP contribution in [-0.2, 0) is 4.79 Å². The lowest BCUT2D eigenvalue weighted by atomic mass is 10.2. The van der Waals surface area contributed by atoms with Crippen molar-refractivity contribution < 1.29 is 14.3 Å². The van der Waals surface area contributed by atoms with Crippen molar-refractivity contribution in [2.75, 3.05) is 36.9 Å². The van der Waals surface area contributed by atoms with E-state index in [1.165, 1.54) is 0 Å². The van der Waals surface area contributed by atoms with Crippen molar-refractivity contribution in [3.63, 3.8) is 0 Å². The van der Waals surface area contributed by atoms with E-state index >= 15 is 0 Å². The number of amides is 2. The monoisotopic (exact) mass is 379 g/mol. The third-order valence-electron chi connectivity index (χ3n) is 4.48. The highest BCUT2D eigenvalue weighted by Crippen LogP contribution is 2.17. The van der Waals surface area contributed by atoms with E-state index in [0.29, 0.717) is 17.9 Å². The zero-order valence-corrected chi connectivity index (χ0v) is 15.8. The fraction of sp³-hybridized carbons (Fsp3) is 0.273. The summed E-state index contributed by atoms with van der Waals surface area (Å²) in [4.78, 5) is 26.3. The molecule has 146 valence electrons. The second kappa shape index (κ2) is 9.60. The maximum atomic E-state index is 12.3. The van der Waals surface area contributed by atoms with Gasteiger partial charge >= 0.3 is 0 Å². The number of likely N-dealkylation sites (tertiary alicyclic amines) is 1. The van der Waals surface area contributed by atoms with Crippen LogP contribution in [0.5, 0.6) is 5.75 Å². The summed E-state index contributed by atoms with van der Waals surface area (Å²) in [6.07, 6.45) is 3.82. The molecule has 0 aromatic heterocycles. The molecular formula is C22H25N3O3. The highest BCUT2D eigenvalue weighted by Gasteiger charge is 2.19. The lowest BCUT2D eigenvalue weighted by molar-refractivity contribution is -0.114. The molecule has 3 rings (SSSR count). The average Bonchev–Trinajstić information content (AvgIpc) is 3.26. The van der Waals surface area contributed by atoms with Crippen molar-refractivity contribution in [2.45, 2.75) is 12.8 Å². The SMILES string of the molecule is C=CCOc1ccc(NCC(=O)Nc2ccc(C(=O)N3CCCC3)cc2)cc1. The van der Waals surface area contributed by atoms with Crippen LogP contribution in [0.4, 0.5) is 11.4 Å². The minimum atomic E-state index is -0.161. The van der Waals surface area contributed by atoms with Crippen LogP contribution in [0, 0.1) is 0 Å². The van der Waals surface area contributed by atoms with Crippen LogP contribution in [0.3, 0.4) is 0 Å². The fourth-order valence-corrected chi connectivity index (χ4v) is 3.01. The van der Waals surface area contributed by atoms with Crippen molar-refractivity contribution in [1.29, 1.82) is 0 Å². The Hall–Kier alpha value is -3.28. The highest BCUT2D eigenvalue weighted by molar-refractivity contribution is 5.96. The molecule has 0 spiro atoms. The number of ether oxygens (including phenoxy) is 1. The van der Waals surface area contributed by atoms with E-state index in [1.54, 1.807) is 30.3 Å². The maximum absolute atomic E-state index is 12.3. The van der Waals surface area contributed by atoms with Crippen LogP contribution in [0.2, 0.25) is 0 Å². The topological polar surface area (TPSA) is 70.7 Å². The van der Waals surface area contributed by atoms with Gasteiger partial charge in [0.25, 0.3) is 5.91 Å². The predicted molar refractivity (Wildman–Crippen MR) is 111 cm³/mol. The van der Waals surface area contributed by atoms with Gasteiger partial charge in [-0.2, -0.15) is 0 Å². The first-order valence-corrected chi connectivity index (χ1v) is 9.42. The number of hydrogen-bond acceptors (Lipinski definition) is 4. The molecule has 0 atom stereocenters. The third kappa shape index (κ3) is 5.36. The standard InChI is InChI=1S/C22H25N3O3/c1-2-15-28-20-11-9-18(10-12-20)23-16-21(26)24-19-7-5-17(6-8-19)22(27)25-13-3-4-14-25/h2,5-12,23H,1,3-4,13-16H2,(H,24,26). The van der Waals surface area contributed by atoms with Gasteiger partial charge in [0.05, 0.1) is 6.54 Å². The van der Waals surface area contributed by atoms with E-state index in [-0.39, 0.29) is 18.4 Å². The molecule has 2 amide bonds. The first-order valence-electron chi connectivity index (χ1n) is 9.42. The molecule has 0 aliphatic carbocycles. The van der Waals surface area contributed by atoms with Crippen LogP contribution in [-0.4, -0.2) is 43.0 Å². The molecule has 28 heavy (non-hydrogen) atoms. The first kappa shape index (κ1) is 19.5. The van der Waals surface area contributed by atoms with Gasteiger partial charge in [0.1, 0.15) is 12.4 Å². The molecule has 1 heterocycles. The Kier molecular flexibility index (Phi) is 6.68. The second-order valence-corrected chi connectivity index (χ2v) is 6.60. The summed E-state index contributed by atoms with van der Waals surface area (Å²) in [7, 11) is 0. The minimum Gasteiger partial charge on any atom is -0.490 e. The quantitative estimate of drug-likeness (QED) is 0.689. The van der Waals surface area contributed by atoms with Crippen molar-refractivity contribution in [3.05, 3.63) is 66.7 Å². The van der Waals surface area contributed by atoms with Crippen molar-refractivity contribution in [1.82, 2.24) is 4.90 Å². The van der Waals surface area contributed by atoms with Gasteiger partial charge < -0.3 is 20.3 Å². The Morgan fingerprint density at radius 2 is 1.64 bits per heavy atom. The van der Waals surface area contributed by atoms with Gasteiger partial charge in [-0.1, -0.05) is 12.7 Å². The zero-order chi connectivity index (χ0) is 19.8. The maximum Gasteiger partial charge on any atom is 0.253 e. The third-order valence-corrected chi connectivity index (χ3v) is 4.48. The van der Waals surface area contributed by atoms with E-state index in [9.17, 15) is 9.59 Å². The fourth-order valence-electron chi connectivity index (χ4n) is 3.01. The summed E-state index contributed by atoms with van der Waals surface area (Å²) < 4.78 is 5.42. The number of nitrogens with one attached hydrogen (secondary N) is 2. The van der Waals surface area contributed by atoms with Gasteiger partial charge in [-0.25, -0.2) is 0 Å². The van der Waals surface area contributed by atoms with E-state index < -0.39 is 0 Å². The van der Waals surface area contributed by atoms with Crippen LogP contribution < -0.4 is 15.4 Å². The summed E-state index contributed by atoms with van der Waals surface area (Å²) in [6, 6.07) is 14.4. The Morgan fingerprint density at radius 1 is 1.00 bits per heavy atom. The molecule has 0 bridgehead atoms. The summed E-state index contributed by atoms with van der Waals surface area (Å²) in [5.41, 5.74) is 2.14. The number of carbonyl (C=O) groups excluding carboxylic acids is 2. The summed E-state index contributed by atoms with van der Waals surface area (Å²) in [5, 5.41) is 5.89. The van der Waals surface area contributed by atoms with Crippen molar-refractivity contribution in [3.8, 4) is 5.75 Å². The lowest BCUT2D eigenvalue weighted by Gasteiger charge is -2.15. The second-order valence-electron chi connectivity index (χ2n) is 6.60. The van der Waals surface area contributed by atoms with Gasteiger partial charge in [-0.3, -0.25) is 9.59 Å². The van der Waals surface area contributed by atoms with Crippen molar-refractivity contribution >= 4 is 23.2 Å². The first-order chi connectivity index (χ1) is 13.7. The molecule has 0 radical (unpaired) electrons. The van der Waals surface area contributed by atoms with Crippen LogP contribution in [0.1, 0.15) is 23.2 Å². The minimum absolute atomic E-state index is 0.0533. The highest BCUT2D eigenvalue weighted by atomic mass is 16.5. The molecule has 0 unspecified atom stereocenters. The van der Waals surface area contributed by atoms with Crippen LogP contribution >= 0.6 is 0 Å². The van der Waals surface area contributed by atoms with E-state index in [0.717, 1.165) is 37.4 Å². The van der Waals surface area contributed by atoms with E-state index in [4.69, 9.17) is 4.74 Å². The van der Waals surface area contributed by atoms with Gasteiger partial charge in [0, 0.05) is 30.0 Å². The van der Waals surface area contributed by atoms with E-state index in [1.807, 2.05) is 29.2 Å². The normalized spacial score (nSPS) is 13.1. The molecule has 2 aromatic carbocycles. The molecule has 6 nitrogen and oxygen atoms in total. The molecule has 1 fully saturated rings. The smallest absolute Gasteiger partial charge is 0.253 e. The average molecular weight is 379 g/mol. The molecular weight excluding hydrogens is 354 g/mol. The van der Waals surface area contributed by atoms with E-state index in [2.05, 4.69) is 17.2 Å². The Labute approximate surface area is 165 Å². The summed E-state index contributed by atoms with van der Waals surface area (Å²) in [5.74, 6) is 0.640. The van der Waals surface area contributed by atoms with Gasteiger partial charge in [0.2, 0.25) is 5.91 Å². The Balaban J connectivity index is 1.46. The van der Waals surface area contributed by atoms with Crippen molar-refractivity contribution in [2.24, 2.45) is 0 Å². The number of carbonyl (C=O) groups is 2. The molecule has 6 heteroatoms. The summed E-state index contributed by atoms with van der Waals surface area (Å²) >= 11 is 0. The lowest BCUT2D eigenvalue weighted by Crippen LogP contribution is -2.27. The van der Waals surface area contributed by atoms with Gasteiger partial charge in [0.15, 0.2) is 0 Å². The number of hydrogen-bond donors (Lipinski definition) is 2. The zero-order valence-electron chi connectivity index (χ0n) is 15.8. The summed E-state index contributed by atoms with van der Waals surface area (Å²) in [6.45, 7) is 5.85. The largest absolute Gasteiger partial charge is 0.490 e. The molecule has 0 saturated carbocycles. The number of nitrogens with zero attached hydrogens (tertiary/aromatic N) is 1. The van der Waals surface area contributed by atoms with Gasteiger partial charge in [-0.05, 0) is 61.4 Å². The Morgan fingerprint density at radius 3 is 2.29 bits per heavy atom. The number of benzene rings is 2. The molecule has 2 N–H and O–H groups in total. The Bertz CT molecular complexity index is 810. The van der Waals surface area contributed by atoms with Crippen LogP contribution in [0.25, 0.3) is 0 Å². The molecule has 2 aromatic rings. The molecule has 1 aliphatic rings. The van der Waals surface area contributed by atoms with Gasteiger partial charge in [-0.15, -0.1) is 0 Å². The predicted octanol–water partition coefficient (Wildman–Crippen LogP) is 3.54. The molecule has 1 saturated heterocycles. The number of anilines is 2. The van der Waals surface area contributed by atoms with Crippen LogP contribution in [0.15, 0.2) is 61.2 Å².